The first-order valence-corrected chi connectivity index (χ1v) is 27.3. The normalized spacial score (nSPS) is 13.9. The second-order valence-electron chi connectivity index (χ2n) is 21.2. The SMILES string of the molecule is CC(C)(C)c1ccnc(-n2c3ccccc3c3ccc([Si](c4ccccc4)(c4ccccc4)c4cccc(N5CN(c6c(-c7ccccc7)ccc7c6-c6ccccc6C7(C)C)c6ccccc65)c4)cc32)c1. The molecule has 0 radical (unpaired) electrons. The highest BCUT2D eigenvalue weighted by Gasteiger charge is 2.44. The topological polar surface area (TPSA) is 24.3 Å². The number of hydrogen-bond donors (Lipinski definition) is 0. The van der Waals surface area contributed by atoms with Crippen LogP contribution in [0.15, 0.2) is 237 Å². The third-order valence-corrected chi connectivity index (χ3v) is 20.5. The van der Waals surface area contributed by atoms with Crippen LogP contribution < -0.4 is 30.5 Å². The summed E-state index contributed by atoms with van der Waals surface area (Å²) in [7, 11) is -3.08. The first-order valence-electron chi connectivity index (χ1n) is 25.3. The number of anilines is 4. The van der Waals surface area contributed by atoms with E-state index in [1.54, 1.807) is 0 Å². The van der Waals surface area contributed by atoms with Gasteiger partial charge in [0.15, 0.2) is 8.07 Å². The van der Waals surface area contributed by atoms with Gasteiger partial charge in [0.25, 0.3) is 0 Å². The molecule has 0 N–H and O–H groups in total. The van der Waals surface area contributed by atoms with Crippen molar-refractivity contribution in [1.29, 1.82) is 0 Å². The Morgan fingerprint density at radius 1 is 0.472 bits per heavy atom. The van der Waals surface area contributed by atoms with Crippen molar-refractivity contribution < 1.29 is 0 Å². The zero-order chi connectivity index (χ0) is 48.8. The standard InChI is InChI=1S/C67H56N4Si/c1-66(2,3)47-40-41-68-63(42-47)71-59-33-18-16-30-54(59)55-37-36-52(44-62(55)71)72(49-25-11-7-12-26-49,50-27-13-8-14-28-50)51-29-21-24-48(43-51)69-45-70(61-35-20-19-34-60(61)69)65-53(46-22-9-6-10-23-46)38-39-58-64(65)56-31-15-17-32-57(56)67(58,4)5/h6-44H,45H2,1-5H3. The van der Waals surface area contributed by atoms with E-state index >= 15 is 0 Å². The summed E-state index contributed by atoms with van der Waals surface area (Å²) in [5.41, 5.74) is 16.0. The highest BCUT2D eigenvalue weighted by molar-refractivity contribution is 7.20. The van der Waals surface area contributed by atoms with E-state index in [9.17, 15) is 0 Å². The lowest BCUT2D eigenvalue weighted by molar-refractivity contribution is 0.588. The van der Waals surface area contributed by atoms with Gasteiger partial charge < -0.3 is 9.80 Å². The first-order chi connectivity index (χ1) is 35.1. The molecular formula is C67H56N4Si. The lowest BCUT2D eigenvalue weighted by Crippen LogP contribution is -2.74. The molecule has 0 bridgehead atoms. The zero-order valence-electron chi connectivity index (χ0n) is 41.5. The van der Waals surface area contributed by atoms with E-state index in [0.29, 0.717) is 6.67 Å². The average Bonchev–Trinajstić information content (AvgIpc) is 4.05. The number of aromatic nitrogens is 2. The van der Waals surface area contributed by atoms with Gasteiger partial charge in [-0.05, 0) is 103 Å². The smallest absolute Gasteiger partial charge is 0.179 e. The second kappa shape index (κ2) is 16.7. The van der Waals surface area contributed by atoms with Crippen LogP contribution in [0.5, 0.6) is 0 Å². The van der Waals surface area contributed by atoms with Gasteiger partial charge in [-0.1, -0.05) is 217 Å². The molecule has 4 nitrogen and oxygen atoms in total. The van der Waals surface area contributed by atoms with Crippen molar-refractivity contribution >= 4 is 73.4 Å². The van der Waals surface area contributed by atoms with Crippen molar-refractivity contribution in [2.75, 3.05) is 16.5 Å². The van der Waals surface area contributed by atoms with Gasteiger partial charge in [0, 0.05) is 39.2 Å². The fourth-order valence-corrected chi connectivity index (χ4v) is 17.1. The van der Waals surface area contributed by atoms with Crippen LogP contribution in [0, 0.1) is 0 Å². The quantitative estimate of drug-likeness (QED) is 0.112. The summed E-state index contributed by atoms with van der Waals surface area (Å²) in [5, 5.41) is 7.75. The molecular weight excluding hydrogens is 889 g/mol. The minimum Gasteiger partial charge on any atom is -0.321 e. The van der Waals surface area contributed by atoms with Crippen molar-refractivity contribution in [3.05, 3.63) is 253 Å². The maximum Gasteiger partial charge on any atom is 0.179 e. The van der Waals surface area contributed by atoms with Crippen LogP contribution >= 0.6 is 0 Å². The third kappa shape index (κ3) is 6.68. The van der Waals surface area contributed by atoms with E-state index in [-0.39, 0.29) is 10.8 Å². The lowest BCUT2D eigenvalue weighted by Gasteiger charge is -2.35. The average molecular weight is 945 g/mol. The molecule has 0 unspecified atom stereocenters. The summed E-state index contributed by atoms with van der Waals surface area (Å²) >= 11 is 0. The van der Waals surface area contributed by atoms with Crippen LogP contribution in [0.4, 0.5) is 22.7 Å². The maximum absolute atomic E-state index is 5.09. The summed E-state index contributed by atoms with van der Waals surface area (Å²) < 4.78 is 2.40. The lowest BCUT2D eigenvalue weighted by atomic mass is 9.82. The molecule has 9 aromatic carbocycles. The maximum atomic E-state index is 5.09. The molecule has 2 aliphatic rings. The van der Waals surface area contributed by atoms with E-state index in [1.165, 1.54) is 93.2 Å². The molecule has 5 heteroatoms. The Morgan fingerprint density at radius 3 is 1.82 bits per heavy atom. The fraction of sp³-hybridized carbons (Fsp3) is 0.119. The molecule has 0 spiro atoms. The van der Waals surface area contributed by atoms with Gasteiger partial charge >= 0.3 is 0 Å². The van der Waals surface area contributed by atoms with Crippen molar-refractivity contribution in [1.82, 2.24) is 9.55 Å². The molecule has 13 rings (SSSR count). The highest BCUT2D eigenvalue weighted by Crippen LogP contribution is 2.57. The minimum atomic E-state index is -3.08. The van der Waals surface area contributed by atoms with Crippen LogP contribution in [0.2, 0.25) is 0 Å². The molecule has 0 atom stereocenters. The molecule has 0 saturated carbocycles. The van der Waals surface area contributed by atoms with Crippen LogP contribution in [0.1, 0.15) is 51.3 Å². The first kappa shape index (κ1) is 43.7. The van der Waals surface area contributed by atoms with Gasteiger partial charge in [-0.2, -0.15) is 0 Å². The van der Waals surface area contributed by atoms with Crippen LogP contribution in [0.3, 0.4) is 0 Å². The van der Waals surface area contributed by atoms with Gasteiger partial charge in [-0.15, -0.1) is 0 Å². The largest absolute Gasteiger partial charge is 0.321 e. The van der Waals surface area contributed by atoms with Gasteiger partial charge in [0.1, 0.15) is 12.5 Å². The molecule has 1 aliphatic heterocycles. The summed E-state index contributed by atoms with van der Waals surface area (Å²) in [6, 6.07) is 86.5. The van der Waals surface area contributed by atoms with E-state index in [0.717, 1.165) is 16.9 Å². The Balaban J connectivity index is 1.03. The number of para-hydroxylation sites is 3. The number of benzene rings is 9. The van der Waals surface area contributed by atoms with Gasteiger partial charge in [-0.25, -0.2) is 4.98 Å². The Kier molecular flexibility index (Phi) is 10.1. The monoisotopic (exact) mass is 944 g/mol. The molecule has 11 aromatic rings. The predicted octanol–water partition coefficient (Wildman–Crippen LogP) is 14.1. The Morgan fingerprint density at radius 2 is 1.08 bits per heavy atom. The Hall–Kier alpha value is -8.25. The number of pyridine rings is 1. The van der Waals surface area contributed by atoms with E-state index in [2.05, 4.69) is 280 Å². The fourth-order valence-electron chi connectivity index (χ4n) is 12.3. The molecule has 1 aliphatic carbocycles. The van der Waals surface area contributed by atoms with Crippen molar-refractivity contribution in [3.63, 3.8) is 0 Å². The van der Waals surface area contributed by atoms with E-state index in [4.69, 9.17) is 4.98 Å². The third-order valence-electron chi connectivity index (χ3n) is 15.8. The number of hydrogen-bond acceptors (Lipinski definition) is 3. The highest BCUT2D eigenvalue weighted by atomic mass is 28.3. The minimum absolute atomic E-state index is 0.0319. The van der Waals surface area contributed by atoms with Crippen molar-refractivity contribution in [2.24, 2.45) is 0 Å². The number of nitrogens with zero attached hydrogens (tertiary/aromatic N) is 4. The Bertz CT molecular complexity index is 3830. The summed E-state index contributed by atoms with van der Waals surface area (Å²) in [6.07, 6.45) is 1.98. The van der Waals surface area contributed by atoms with Gasteiger partial charge in [0.2, 0.25) is 0 Å². The van der Waals surface area contributed by atoms with Crippen molar-refractivity contribution in [3.8, 4) is 28.1 Å². The molecule has 0 saturated heterocycles. The van der Waals surface area contributed by atoms with Crippen LogP contribution in [-0.4, -0.2) is 24.3 Å². The molecule has 2 aromatic heterocycles. The second-order valence-corrected chi connectivity index (χ2v) is 25.0. The molecule has 348 valence electrons. The molecule has 0 fully saturated rings. The van der Waals surface area contributed by atoms with Crippen LogP contribution in [-0.2, 0) is 10.8 Å². The van der Waals surface area contributed by atoms with E-state index < -0.39 is 8.07 Å². The molecule has 0 amide bonds. The van der Waals surface area contributed by atoms with Crippen molar-refractivity contribution in [2.45, 2.75) is 45.4 Å². The Labute approximate surface area is 424 Å². The summed E-state index contributed by atoms with van der Waals surface area (Å²) in [6.45, 7) is 12.2. The molecule has 72 heavy (non-hydrogen) atoms. The van der Waals surface area contributed by atoms with Crippen LogP contribution in [0.25, 0.3) is 49.9 Å². The summed E-state index contributed by atoms with van der Waals surface area (Å²) in [4.78, 5) is 10.2. The molecule has 3 heterocycles. The number of rotatable bonds is 8. The predicted molar refractivity (Wildman–Crippen MR) is 306 cm³/mol. The van der Waals surface area contributed by atoms with E-state index in [1.807, 2.05) is 6.20 Å². The zero-order valence-corrected chi connectivity index (χ0v) is 42.5. The van der Waals surface area contributed by atoms with Gasteiger partial charge in [0.05, 0.1) is 28.1 Å². The summed E-state index contributed by atoms with van der Waals surface area (Å²) in [5.74, 6) is 0.934. The van der Waals surface area contributed by atoms with Gasteiger partial charge in [-0.3, -0.25) is 4.57 Å². The number of fused-ring (bicyclic) bond motifs is 7.